The van der Waals surface area contributed by atoms with Crippen LogP contribution in [-0.2, 0) is 19.6 Å². The van der Waals surface area contributed by atoms with Gasteiger partial charge in [0.1, 0.15) is 6.04 Å². The molecule has 0 aliphatic carbocycles. The number of aryl methyl sites for hydroxylation is 1. The number of rotatable bonds is 10. The van der Waals surface area contributed by atoms with Crippen LogP contribution in [0.15, 0.2) is 53.4 Å². The number of ether oxygens (including phenoxy) is 1. The molecule has 0 fully saturated rings. The lowest BCUT2D eigenvalue weighted by Gasteiger charge is -2.17. The predicted molar refractivity (Wildman–Crippen MR) is 127 cm³/mol. The van der Waals surface area contributed by atoms with Gasteiger partial charge in [0, 0.05) is 27.2 Å². The van der Waals surface area contributed by atoms with Gasteiger partial charge in [0.15, 0.2) is 6.61 Å². The Morgan fingerprint density at radius 1 is 1.16 bits per heavy atom. The Morgan fingerprint density at radius 3 is 2.53 bits per heavy atom. The van der Waals surface area contributed by atoms with E-state index in [1.54, 1.807) is 6.92 Å². The van der Waals surface area contributed by atoms with E-state index in [4.69, 9.17) is 16.3 Å². The minimum atomic E-state index is -3.98. The number of halogens is 1. The van der Waals surface area contributed by atoms with Crippen LogP contribution in [0, 0.1) is 6.92 Å². The number of benzene rings is 2. The average molecular weight is 495 g/mol. The van der Waals surface area contributed by atoms with Crippen molar-refractivity contribution in [2.75, 3.05) is 18.6 Å². The number of fused-ring (bicyclic) bond motifs is 1. The van der Waals surface area contributed by atoms with Crippen molar-refractivity contribution in [3.63, 3.8) is 0 Å². The second kappa shape index (κ2) is 10.5. The lowest BCUT2D eigenvalue weighted by Crippen LogP contribution is -2.42. The van der Waals surface area contributed by atoms with Crippen LogP contribution in [0.1, 0.15) is 22.5 Å². The van der Waals surface area contributed by atoms with Gasteiger partial charge >= 0.3 is 5.97 Å². The topological polar surface area (TPSA) is 105 Å². The number of hydrogen-bond donors (Lipinski definition) is 2. The number of carbonyl (C=O) groups excluding carboxylic acids is 2. The van der Waals surface area contributed by atoms with E-state index >= 15 is 0 Å². The van der Waals surface area contributed by atoms with Crippen molar-refractivity contribution in [1.82, 2.24) is 9.71 Å². The van der Waals surface area contributed by atoms with Crippen LogP contribution < -0.4 is 4.72 Å². The van der Waals surface area contributed by atoms with Crippen LogP contribution in [0.4, 0.5) is 0 Å². The number of carbonyl (C=O) groups is 2. The first kappa shape index (κ1) is 24.3. The standard InChI is InChI=1S/C22H23ClN2O5S2/c1-14-21(17-5-3-4-6-18(17)24-14)20(26)13-30-22(27)19(11-12-31-2)25-32(28,29)16-9-7-15(23)8-10-16/h3-10,19,24-25H,11-13H2,1-2H3/t19-/m0/s1. The molecule has 0 spiro atoms. The van der Waals surface area contributed by atoms with Crippen molar-refractivity contribution in [2.45, 2.75) is 24.3 Å². The number of sulfonamides is 1. The van der Waals surface area contributed by atoms with Gasteiger partial charge in [-0.15, -0.1) is 0 Å². The maximum atomic E-state index is 12.8. The Bertz CT molecular complexity index is 1220. The summed E-state index contributed by atoms with van der Waals surface area (Å²) < 4.78 is 33.0. The smallest absolute Gasteiger partial charge is 0.324 e. The monoisotopic (exact) mass is 494 g/mol. The van der Waals surface area contributed by atoms with Crippen LogP contribution in [-0.4, -0.2) is 49.8 Å². The molecule has 1 aromatic heterocycles. The van der Waals surface area contributed by atoms with Crippen molar-refractivity contribution in [3.05, 3.63) is 64.8 Å². The molecule has 7 nitrogen and oxygen atoms in total. The first-order valence-corrected chi connectivity index (χ1v) is 13.0. The first-order chi connectivity index (χ1) is 15.2. The average Bonchev–Trinajstić information content (AvgIpc) is 3.10. The summed E-state index contributed by atoms with van der Waals surface area (Å²) in [5.74, 6) is -0.641. The van der Waals surface area contributed by atoms with Gasteiger partial charge < -0.3 is 9.72 Å². The van der Waals surface area contributed by atoms with E-state index in [9.17, 15) is 18.0 Å². The van der Waals surface area contributed by atoms with Gasteiger partial charge in [-0.05, 0) is 55.7 Å². The van der Waals surface area contributed by atoms with Crippen molar-refractivity contribution in [1.29, 1.82) is 0 Å². The van der Waals surface area contributed by atoms with Crippen molar-refractivity contribution >= 4 is 56.0 Å². The van der Waals surface area contributed by atoms with Crippen molar-refractivity contribution in [2.24, 2.45) is 0 Å². The summed E-state index contributed by atoms with van der Waals surface area (Å²) in [6.45, 7) is 1.29. The largest absolute Gasteiger partial charge is 0.456 e. The fraction of sp³-hybridized carbons (Fsp3) is 0.273. The summed E-state index contributed by atoms with van der Waals surface area (Å²) in [5, 5.41) is 1.14. The molecule has 170 valence electrons. The van der Waals surface area contributed by atoms with E-state index in [-0.39, 0.29) is 17.1 Å². The maximum Gasteiger partial charge on any atom is 0.324 e. The van der Waals surface area contributed by atoms with E-state index in [0.29, 0.717) is 22.0 Å². The van der Waals surface area contributed by atoms with Gasteiger partial charge in [0.25, 0.3) is 0 Å². The highest BCUT2D eigenvalue weighted by Crippen LogP contribution is 2.22. The normalized spacial score (nSPS) is 12.6. The maximum absolute atomic E-state index is 12.8. The lowest BCUT2D eigenvalue weighted by atomic mass is 10.1. The molecule has 0 unspecified atom stereocenters. The van der Waals surface area contributed by atoms with Crippen molar-refractivity contribution < 1.29 is 22.7 Å². The number of hydrogen-bond acceptors (Lipinski definition) is 6. The zero-order valence-electron chi connectivity index (χ0n) is 17.6. The van der Waals surface area contributed by atoms with Crippen LogP contribution in [0.2, 0.25) is 5.02 Å². The Kier molecular flexibility index (Phi) is 8.00. The molecule has 0 aliphatic rings. The third kappa shape index (κ3) is 5.72. The van der Waals surface area contributed by atoms with Gasteiger partial charge in [-0.2, -0.15) is 16.5 Å². The van der Waals surface area contributed by atoms with Gasteiger partial charge in [-0.25, -0.2) is 8.42 Å². The quantitative estimate of drug-likeness (QED) is 0.326. The molecule has 0 radical (unpaired) electrons. The lowest BCUT2D eigenvalue weighted by molar-refractivity contribution is -0.144. The van der Waals surface area contributed by atoms with Gasteiger partial charge in [0.2, 0.25) is 15.8 Å². The van der Waals surface area contributed by atoms with E-state index < -0.39 is 28.6 Å². The summed E-state index contributed by atoms with van der Waals surface area (Å²) in [6, 6.07) is 11.8. The molecule has 2 aromatic carbocycles. The molecule has 2 N–H and O–H groups in total. The van der Waals surface area contributed by atoms with E-state index in [1.165, 1.54) is 36.0 Å². The zero-order valence-corrected chi connectivity index (χ0v) is 19.9. The molecule has 10 heteroatoms. The molecule has 0 saturated carbocycles. The number of ketones is 1. The number of nitrogens with one attached hydrogen (secondary N) is 2. The van der Waals surface area contributed by atoms with E-state index in [0.717, 1.165) is 10.9 Å². The van der Waals surface area contributed by atoms with Crippen LogP contribution in [0.25, 0.3) is 10.9 Å². The number of H-pyrrole nitrogens is 1. The molecule has 1 heterocycles. The minimum absolute atomic E-state index is 0.0191. The number of aromatic nitrogens is 1. The Labute approximate surface area is 195 Å². The van der Waals surface area contributed by atoms with E-state index in [2.05, 4.69) is 9.71 Å². The fourth-order valence-electron chi connectivity index (χ4n) is 3.28. The molecule has 0 aliphatic heterocycles. The Hall–Kier alpha value is -2.33. The summed E-state index contributed by atoms with van der Waals surface area (Å²) in [6.07, 6.45) is 2.06. The molecular weight excluding hydrogens is 472 g/mol. The molecule has 1 atom stereocenters. The SMILES string of the molecule is CSCC[C@H](NS(=O)(=O)c1ccc(Cl)cc1)C(=O)OCC(=O)c1c(C)[nH]c2ccccc12. The molecular formula is C22H23ClN2O5S2. The minimum Gasteiger partial charge on any atom is -0.456 e. The van der Waals surface area contributed by atoms with Crippen LogP contribution in [0.5, 0.6) is 0 Å². The summed E-state index contributed by atoms with van der Waals surface area (Å²) in [7, 11) is -3.98. The number of Topliss-reactive ketones (excluding diaryl/α,β-unsaturated/α-hetero) is 1. The number of para-hydroxylation sites is 1. The zero-order chi connectivity index (χ0) is 23.3. The Balaban J connectivity index is 1.72. The molecule has 3 aromatic rings. The first-order valence-electron chi connectivity index (χ1n) is 9.77. The van der Waals surface area contributed by atoms with Gasteiger partial charge in [-0.1, -0.05) is 29.8 Å². The number of thioether (sulfide) groups is 1. The molecule has 0 amide bonds. The van der Waals surface area contributed by atoms with Crippen LogP contribution in [0.3, 0.4) is 0 Å². The second-order valence-electron chi connectivity index (χ2n) is 7.11. The predicted octanol–water partition coefficient (Wildman–Crippen LogP) is 3.96. The summed E-state index contributed by atoms with van der Waals surface area (Å²) in [5.41, 5.74) is 1.94. The fourth-order valence-corrected chi connectivity index (χ4v) is 5.09. The number of esters is 1. The third-order valence-corrected chi connectivity index (χ3v) is 7.22. The molecule has 0 bridgehead atoms. The Morgan fingerprint density at radius 2 is 1.84 bits per heavy atom. The highest BCUT2D eigenvalue weighted by Gasteiger charge is 2.28. The third-order valence-electron chi connectivity index (χ3n) is 4.83. The second-order valence-corrected chi connectivity index (χ2v) is 10.2. The van der Waals surface area contributed by atoms with Crippen LogP contribution >= 0.6 is 23.4 Å². The van der Waals surface area contributed by atoms with Gasteiger partial charge in [-0.3, -0.25) is 9.59 Å². The highest BCUT2D eigenvalue weighted by molar-refractivity contribution is 7.98. The molecule has 32 heavy (non-hydrogen) atoms. The van der Waals surface area contributed by atoms with Gasteiger partial charge in [0.05, 0.1) is 4.90 Å². The summed E-state index contributed by atoms with van der Waals surface area (Å²) >= 11 is 7.29. The summed E-state index contributed by atoms with van der Waals surface area (Å²) in [4.78, 5) is 28.6. The molecule has 0 saturated heterocycles. The number of aromatic amines is 1. The molecule has 3 rings (SSSR count). The highest BCUT2D eigenvalue weighted by atomic mass is 35.5. The van der Waals surface area contributed by atoms with Crippen molar-refractivity contribution in [3.8, 4) is 0 Å². The van der Waals surface area contributed by atoms with E-state index in [1.807, 2.05) is 30.5 Å².